The lowest BCUT2D eigenvalue weighted by Crippen LogP contribution is -2.54. The van der Waals surface area contributed by atoms with Crippen molar-refractivity contribution in [1.82, 2.24) is 10.2 Å². The Morgan fingerprint density at radius 2 is 1.62 bits per heavy atom. The minimum atomic E-state index is -4.15. The van der Waals surface area contributed by atoms with Crippen LogP contribution < -0.4 is 14.4 Å². The van der Waals surface area contributed by atoms with Crippen LogP contribution in [0.5, 0.6) is 5.75 Å². The van der Waals surface area contributed by atoms with Gasteiger partial charge in [-0.05, 0) is 88.7 Å². The zero-order valence-corrected chi connectivity index (χ0v) is 25.2. The van der Waals surface area contributed by atoms with Crippen molar-refractivity contribution in [3.63, 3.8) is 0 Å². The molecule has 10 heteroatoms. The minimum absolute atomic E-state index is 0.0432. The van der Waals surface area contributed by atoms with Gasteiger partial charge in [-0.2, -0.15) is 0 Å². The second kappa shape index (κ2) is 12.7. The molecule has 0 unspecified atom stereocenters. The van der Waals surface area contributed by atoms with E-state index in [1.807, 2.05) is 27.7 Å². The van der Waals surface area contributed by atoms with Crippen LogP contribution in [0.15, 0.2) is 77.7 Å². The van der Waals surface area contributed by atoms with Gasteiger partial charge in [0, 0.05) is 17.1 Å². The lowest BCUT2D eigenvalue weighted by atomic mass is 10.1. The fourth-order valence-electron chi connectivity index (χ4n) is 4.00. The van der Waals surface area contributed by atoms with Crippen LogP contribution in [0.2, 0.25) is 5.02 Å². The Kier molecular flexibility index (Phi) is 9.87. The molecule has 0 aromatic heterocycles. The van der Waals surface area contributed by atoms with Gasteiger partial charge in [0.25, 0.3) is 10.0 Å². The van der Waals surface area contributed by atoms with Gasteiger partial charge in [-0.25, -0.2) is 8.42 Å². The third-order valence-corrected chi connectivity index (χ3v) is 8.18. The highest BCUT2D eigenvalue weighted by molar-refractivity contribution is 7.92. The maximum atomic E-state index is 14.0. The number of anilines is 1. The average molecular weight is 586 g/mol. The van der Waals surface area contributed by atoms with Crippen LogP contribution in [0.4, 0.5) is 5.69 Å². The van der Waals surface area contributed by atoms with Crippen molar-refractivity contribution in [3.8, 4) is 5.75 Å². The summed E-state index contributed by atoms with van der Waals surface area (Å²) in [5, 5.41) is 3.39. The van der Waals surface area contributed by atoms with E-state index in [2.05, 4.69) is 5.32 Å². The van der Waals surface area contributed by atoms with Crippen molar-refractivity contribution in [3.05, 3.63) is 88.9 Å². The lowest BCUT2D eigenvalue weighted by molar-refractivity contribution is -0.140. The first-order chi connectivity index (χ1) is 18.7. The number of methoxy groups -OCH3 is 1. The van der Waals surface area contributed by atoms with Crippen molar-refractivity contribution in [2.45, 2.75) is 57.6 Å². The van der Waals surface area contributed by atoms with Gasteiger partial charge in [0.15, 0.2) is 0 Å². The second-order valence-electron chi connectivity index (χ2n) is 10.6. The number of carbonyl (C=O) groups excluding carboxylic acids is 2. The van der Waals surface area contributed by atoms with Gasteiger partial charge in [-0.1, -0.05) is 41.4 Å². The molecule has 0 radical (unpaired) electrons. The van der Waals surface area contributed by atoms with Gasteiger partial charge in [-0.15, -0.1) is 0 Å². The fourth-order valence-corrected chi connectivity index (χ4v) is 5.63. The normalized spacial score (nSPS) is 12.4. The van der Waals surface area contributed by atoms with Crippen LogP contribution in [0, 0.1) is 6.92 Å². The molecule has 3 aromatic rings. The average Bonchev–Trinajstić information content (AvgIpc) is 2.89. The van der Waals surface area contributed by atoms with E-state index in [1.54, 1.807) is 67.6 Å². The van der Waals surface area contributed by atoms with E-state index < -0.39 is 34.1 Å². The molecule has 0 spiro atoms. The minimum Gasteiger partial charge on any atom is -0.497 e. The van der Waals surface area contributed by atoms with Crippen molar-refractivity contribution >= 4 is 39.1 Å². The third-order valence-electron chi connectivity index (χ3n) is 6.16. The Balaban J connectivity index is 2.04. The summed E-state index contributed by atoms with van der Waals surface area (Å²) in [6.45, 7) is 8.55. The summed E-state index contributed by atoms with van der Waals surface area (Å²) >= 11 is 6.18. The van der Waals surface area contributed by atoms with Gasteiger partial charge in [0.2, 0.25) is 11.8 Å². The number of benzene rings is 3. The molecule has 2 amide bonds. The summed E-state index contributed by atoms with van der Waals surface area (Å²) in [5.74, 6) is -0.374. The first-order valence-corrected chi connectivity index (χ1v) is 14.6. The highest BCUT2D eigenvalue weighted by Crippen LogP contribution is 2.27. The van der Waals surface area contributed by atoms with Gasteiger partial charge in [-0.3, -0.25) is 13.9 Å². The molecule has 8 nitrogen and oxygen atoms in total. The monoisotopic (exact) mass is 585 g/mol. The van der Waals surface area contributed by atoms with E-state index in [-0.39, 0.29) is 23.0 Å². The summed E-state index contributed by atoms with van der Waals surface area (Å²) in [7, 11) is -2.64. The van der Waals surface area contributed by atoms with Gasteiger partial charge >= 0.3 is 0 Å². The number of hydrogen-bond acceptors (Lipinski definition) is 5. The molecule has 3 rings (SSSR count). The SMILES string of the molecule is COc1ccc(N(CC(=O)N(Cc2cccc(Cl)c2)[C@@H](C)C(=O)NC(C)(C)C)S(=O)(=O)c2ccc(C)cc2)cc1. The summed E-state index contributed by atoms with van der Waals surface area (Å²) in [6, 6.07) is 18.9. The van der Waals surface area contributed by atoms with Crippen LogP contribution in [0.1, 0.15) is 38.8 Å². The number of sulfonamides is 1. The third kappa shape index (κ3) is 7.99. The molecule has 40 heavy (non-hydrogen) atoms. The van der Waals surface area contributed by atoms with Gasteiger partial charge in [0.05, 0.1) is 17.7 Å². The molecule has 214 valence electrons. The molecular formula is C30H36ClN3O5S. The lowest BCUT2D eigenvalue weighted by Gasteiger charge is -2.33. The smallest absolute Gasteiger partial charge is 0.264 e. The predicted molar refractivity (Wildman–Crippen MR) is 158 cm³/mol. The van der Waals surface area contributed by atoms with Crippen LogP contribution in [0.3, 0.4) is 0 Å². The fraction of sp³-hybridized carbons (Fsp3) is 0.333. The largest absolute Gasteiger partial charge is 0.497 e. The maximum Gasteiger partial charge on any atom is 0.264 e. The van der Waals surface area contributed by atoms with Crippen molar-refractivity contribution < 1.29 is 22.7 Å². The van der Waals surface area contributed by atoms with Crippen molar-refractivity contribution in [1.29, 1.82) is 0 Å². The molecule has 0 heterocycles. The number of halogens is 1. The summed E-state index contributed by atoms with van der Waals surface area (Å²) in [6.07, 6.45) is 0. The highest BCUT2D eigenvalue weighted by atomic mass is 35.5. The molecule has 0 aliphatic rings. The van der Waals surface area contributed by atoms with Gasteiger partial charge in [0.1, 0.15) is 18.3 Å². The topological polar surface area (TPSA) is 96.0 Å². The van der Waals surface area contributed by atoms with E-state index >= 15 is 0 Å². The standard InChI is InChI=1S/C30H36ClN3O5S/c1-21-10-16-27(17-11-21)40(37,38)34(25-12-14-26(39-6)15-13-25)20-28(35)33(19-23-8-7-9-24(31)18-23)22(2)29(36)32-30(3,4)5/h7-18,22H,19-20H2,1-6H3,(H,32,36)/t22-/m0/s1. The molecule has 0 bridgehead atoms. The van der Waals surface area contributed by atoms with Crippen molar-refractivity contribution in [2.75, 3.05) is 18.0 Å². The number of nitrogens with one attached hydrogen (secondary N) is 1. The zero-order valence-electron chi connectivity index (χ0n) is 23.6. The highest BCUT2D eigenvalue weighted by Gasteiger charge is 2.33. The second-order valence-corrected chi connectivity index (χ2v) is 12.9. The number of rotatable bonds is 10. The number of nitrogens with zero attached hydrogens (tertiary/aromatic N) is 2. The number of ether oxygens (including phenoxy) is 1. The van der Waals surface area contributed by atoms with Crippen LogP contribution in [0.25, 0.3) is 0 Å². The summed E-state index contributed by atoms with van der Waals surface area (Å²) in [5.41, 5.74) is 1.36. The quantitative estimate of drug-likeness (QED) is 0.353. The Bertz CT molecular complexity index is 1440. The predicted octanol–water partition coefficient (Wildman–Crippen LogP) is 5.18. The van der Waals surface area contributed by atoms with Gasteiger partial charge < -0.3 is 15.0 Å². The molecule has 0 saturated heterocycles. The molecule has 0 fully saturated rings. The van der Waals surface area contributed by atoms with Crippen LogP contribution >= 0.6 is 11.6 Å². The van der Waals surface area contributed by atoms with E-state index in [4.69, 9.17) is 16.3 Å². The Labute approximate surface area is 241 Å². The molecule has 0 aliphatic carbocycles. The number of aryl methyl sites for hydroxylation is 1. The number of carbonyl (C=O) groups is 2. The molecule has 3 aromatic carbocycles. The molecule has 0 saturated carbocycles. The molecular weight excluding hydrogens is 550 g/mol. The first kappa shape index (κ1) is 31.0. The Hall–Kier alpha value is -3.56. The van der Waals surface area contributed by atoms with E-state index in [9.17, 15) is 18.0 Å². The molecule has 1 N–H and O–H groups in total. The summed E-state index contributed by atoms with van der Waals surface area (Å²) < 4.78 is 34.0. The van der Waals surface area contributed by atoms with Crippen molar-refractivity contribution in [2.24, 2.45) is 0 Å². The Morgan fingerprint density at radius 1 is 1.00 bits per heavy atom. The zero-order chi connectivity index (χ0) is 29.7. The van der Waals surface area contributed by atoms with Crippen LogP contribution in [-0.4, -0.2) is 50.4 Å². The molecule has 1 atom stereocenters. The number of amides is 2. The first-order valence-electron chi connectivity index (χ1n) is 12.8. The Morgan fingerprint density at radius 3 is 2.17 bits per heavy atom. The molecule has 0 aliphatic heterocycles. The number of hydrogen-bond donors (Lipinski definition) is 1. The van der Waals surface area contributed by atoms with E-state index in [1.165, 1.54) is 24.1 Å². The van der Waals surface area contributed by atoms with E-state index in [0.29, 0.717) is 16.3 Å². The van der Waals surface area contributed by atoms with Crippen LogP contribution in [-0.2, 0) is 26.2 Å². The van der Waals surface area contributed by atoms with E-state index in [0.717, 1.165) is 9.87 Å². The maximum absolute atomic E-state index is 14.0. The summed E-state index contributed by atoms with van der Waals surface area (Å²) in [4.78, 5) is 28.5.